The van der Waals surface area contributed by atoms with E-state index in [-0.39, 0.29) is 41.5 Å². The molecule has 36 heavy (non-hydrogen) atoms. The van der Waals surface area contributed by atoms with Gasteiger partial charge in [0, 0.05) is 24.0 Å². The van der Waals surface area contributed by atoms with Crippen LogP contribution in [0.3, 0.4) is 0 Å². The van der Waals surface area contributed by atoms with E-state index in [4.69, 9.17) is 10.5 Å². The van der Waals surface area contributed by atoms with Crippen LogP contribution in [-0.4, -0.2) is 34.3 Å². The number of hydrogen-bond donors (Lipinski definition) is 2. The lowest BCUT2D eigenvalue weighted by atomic mass is 9.88. The Morgan fingerprint density at radius 1 is 1.19 bits per heavy atom. The van der Waals surface area contributed by atoms with E-state index in [0.717, 1.165) is 17.5 Å². The summed E-state index contributed by atoms with van der Waals surface area (Å²) in [7, 11) is 0. The van der Waals surface area contributed by atoms with Crippen LogP contribution in [-0.2, 0) is 4.79 Å². The Bertz CT molecular complexity index is 1290. The number of guanidine groups is 1. The van der Waals surface area contributed by atoms with Crippen LogP contribution in [0.25, 0.3) is 6.08 Å². The summed E-state index contributed by atoms with van der Waals surface area (Å²) in [6.45, 7) is 5.63. The van der Waals surface area contributed by atoms with Gasteiger partial charge in [0.1, 0.15) is 17.2 Å². The van der Waals surface area contributed by atoms with E-state index < -0.39 is 23.4 Å². The topological polar surface area (TPSA) is 97.0 Å². The predicted molar refractivity (Wildman–Crippen MR) is 136 cm³/mol. The first kappa shape index (κ1) is 24.0. The molecule has 0 saturated heterocycles. The van der Waals surface area contributed by atoms with Gasteiger partial charge in [-0.3, -0.25) is 14.5 Å². The van der Waals surface area contributed by atoms with Crippen molar-refractivity contribution in [1.82, 2.24) is 10.2 Å². The molecule has 6 bridgehead atoms. The molecule has 0 saturated carbocycles. The zero-order valence-corrected chi connectivity index (χ0v) is 20.8. The molecule has 6 rings (SSSR count). The summed E-state index contributed by atoms with van der Waals surface area (Å²) in [5.74, 6) is -0.616. The number of nitrogens with zero attached hydrogens (tertiary/aromatic N) is 2. The average molecular weight is 491 g/mol. The number of benzene rings is 2. The molecule has 0 aliphatic carbocycles. The summed E-state index contributed by atoms with van der Waals surface area (Å²) >= 11 is 0. The van der Waals surface area contributed by atoms with E-state index in [1.807, 2.05) is 38.1 Å². The van der Waals surface area contributed by atoms with Gasteiger partial charge in [0.05, 0.1) is 23.7 Å². The van der Waals surface area contributed by atoms with Crippen molar-refractivity contribution in [3.63, 3.8) is 0 Å². The summed E-state index contributed by atoms with van der Waals surface area (Å²) in [5.41, 5.74) is 7.64. The number of carbonyl (C=O) groups excluding carboxylic acids is 2. The number of hydrogen-bond acceptors (Lipinski definition) is 5. The van der Waals surface area contributed by atoms with Gasteiger partial charge in [-0.25, -0.2) is 9.38 Å². The molecule has 2 aromatic rings. The monoisotopic (exact) mass is 490 g/mol. The van der Waals surface area contributed by atoms with Crippen LogP contribution in [0.2, 0.25) is 0 Å². The summed E-state index contributed by atoms with van der Waals surface area (Å²) in [6.07, 6.45) is 6.20. The molecule has 0 fully saturated rings. The Labute approximate surface area is 210 Å². The van der Waals surface area contributed by atoms with Gasteiger partial charge < -0.3 is 15.8 Å². The van der Waals surface area contributed by atoms with Crippen molar-refractivity contribution in [2.24, 2.45) is 10.7 Å². The first-order chi connectivity index (χ1) is 17.1. The molecule has 3 N–H and O–H groups in total. The van der Waals surface area contributed by atoms with Crippen LogP contribution in [0.5, 0.6) is 5.75 Å². The molecular formula is C28H31FN4O3. The smallest absolute Gasteiger partial charge is 0.254 e. The normalized spacial score (nSPS) is 26.3. The zero-order chi connectivity index (χ0) is 25.6. The highest BCUT2D eigenvalue weighted by atomic mass is 19.1. The fourth-order valence-corrected chi connectivity index (χ4v) is 5.34. The molecule has 2 aromatic carbocycles. The van der Waals surface area contributed by atoms with Crippen LogP contribution >= 0.6 is 0 Å². The molecule has 2 amide bonds. The lowest BCUT2D eigenvalue weighted by Crippen LogP contribution is -2.48. The fraction of sp³-hybridized carbons (Fsp3) is 0.393. The average Bonchev–Trinajstić information content (AvgIpc) is 2.80. The summed E-state index contributed by atoms with van der Waals surface area (Å²) in [4.78, 5) is 32.2. The number of amides is 2. The molecule has 3 unspecified atom stereocenters. The van der Waals surface area contributed by atoms with E-state index >= 15 is 4.39 Å². The maximum atomic E-state index is 15.7. The van der Waals surface area contributed by atoms with Gasteiger partial charge in [0.2, 0.25) is 5.91 Å². The van der Waals surface area contributed by atoms with Crippen LogP contribution in [0.15, 0.2) is 47.5 Å². The summed E-state index contributed by atoms with van der Waals surface area (Å²) in [6, 6.07) is 9.24. The van der Waals surface area contributed by atoms with Gasteiger partial charge in [0.25, 0.3) is 5.91 Å². The maximum absolute atomic E-state index is 15.7. The Morgan fingerprint density at radius 3 is 2.78 bits per heavy atom. The van der Waals surface area contributed by atoms with Gasteiger partial charge >= 0.3 is 0 Å². The minimum Gasteiger partial charge on any atom is -0.487 e. The van der Waals surface area contributed by atoms with Gasteiger partial charge in [-0.15, -0.1) is 0 Å². The lowest BCUT2D eigenvalue weighted by Gasteiger charge is -2.38. The third kappa shape index (κ3) is 4.47. The number of allylic oxidation sites excluding steroid dienone is 1. The Balaban J connectivity index is 1.60. The third-order valence-corrected chi connectivity index (χ3v) is 7.12. The van der Waals surface area contributed by atoms with E-state index in [9.17, 15) is 9.59 Å². The number of nitrogens with one attached hydrogen (secondary N) is 1. The minimum absolute atomic E-state index is 0.0766. The first-order valence-corrected chi connectivity index (χ1v) is 12.4. The molecule has 4 aliphatic rings. The quantitative estimate of drug-likeness (QED) is 0.562. The van der Waals surface area contributed by atoms with Gasteiger partial charge in [0.15, 0.2) is 5.96 Å². The second kappa shape index (κ2) is 9.08. The highest BCUT2D eigenvalue weighted by molar-refractivity contribution is 5.99. The number of nitrogens with two attached hydrogens (primary N) is 1. The van der Waals surface area contributed by atoms with Crippen molar-refractivity contribution >= 4 is 23.8 Å². The van der Waals surface area contributed by atoms with Crippen LogP contribution in [0, 0.1) is 5.82 Å². The van der Waals surface area contributed by atoms with Crippen LogP contribution in [0.4, 0.5) is 4.39 Å². The second-order valence-corrected chi connectivity index (χ2v) is 10.4. The molecule has 3 atom stereocenters. The van der Waals surface area contributed by atoms with Crippen molar-refractivity contribution in [2.75, 3.05) is 0 Å². The third-order valence-electron chi connectivity index (χ3n) is 7.12. The summed E-state index contributed by atoms with van der Waals surface area (Å²) in [5, 5.41) is 3.03. The molecule has 7 nitrogen and oxygen atoms in total. The molecule has 0 aromatic heterocycles. The molecule has 4 heterocycles. The Hall–Kier alpha value is -3.68. The molecular weight excluding hydrogens is 459 g/mol. The van der Waals surface area contributed by atoms with Crippen molar-refractivity contribution in [1.29, 1.82) is 0 Å². The molecule has 188 valence electrons. The Morgan fingerprint density at radius 2 is 2.00 bits per heavy atom. The van der Waals surface area contributed by atoms with E-state index in [2.05, 4.69) is 16.4 Å². The molecule has 0 radical (unpaired) electrons. The van der Waals surface area contributed by atoms with Crippen LogP contribution in [0.1, 0.15) is 85.6 Å². The minimum atomic E-state index is -0.709. The SMILES string of the molecule is CC1c2cccc(c2F)C(=O)NC2CC(C)(C)Oc3ccc(cc32)/C=C\CCC2CC(=O)N1C(N)=N2. The number of fused-ring (bicyclic) bond motifs is 4. The van der Waals surface area contributed by atoms with E-state index in [0.29, 0.717) is 18.6 Å². The number of aliphatic imine (C=N–C) groups is 1. The lowest BCUT2D eigenvalue weighted by molar-refractivity contribution is -0.130. The van der Waals surface area contributed by atoms with Gasteiger partial charge in [-0.2, -0.15) is 0 Å². The van der Waals surface area contributed by atoms with Gasteiger partial charge in [-0.05, 0) is 57.4 Å². The maximum Gasteiger partial charge on any atom is 0.254 e. The highest BCUT2D eigenvalue weighted by Gasteiger charge is 2.36. The number of rotatable bonds is 0. The number of halogens is 1. The standard InChI is InChI=1S/C28H31FN4O3/c1-16-19-9-6-10-20(25(19)29)26(35)32-22-15-28(2,3)36-23-12-11-17(13-21(22)23)7-4-5-8-18-14-24(34)33(16)27(30)31-18/h4,6-7,9-13,16,18,22H,5,8,14-15H2,1-3H3,(H2,30,31)(H,32,35)/b7-4-. The van der Waals surface area contributed by atoms with Crippen molar-refractivity contribution in [2.45, 2.75) is 70.2 Å². The first-order valence-electron chi connectivity index (χ1n) is 12.4. The highest BCUT2D eigenvalue weighted by Crippen LogP contribution is 2.40. The predicted octanol–water partition coefficient (Wildman–Crippen LogP) is 4.64. The van der Waals surface area contributed by atoms with E-state index in [1.54, 1.807) is 19.1 Å². The fourth-order valence-electron chi connectivity index (χ4n) is 5.34. The zero-order valence-electron chi connectivity index (χ0n) is 20.8. The van der Waals surface area contributed by atoms with Crippen molar-refractivity contribution < 1.29 is 18.7 Å². The number of carbonyl (C=O) groups is 2. The Kier molecular flexibility index (Phi) is 6.06. The largest absolute Gasteiger partial charge is 0.487 e. The molecule has 8 heteroatoms. The summed E-state index contributed by atoms with van der Waals surface area (Å²) < 4.78 is 21.9. The van der Waals surface area contributed by atoms with Crippen molar-refractivity contribution in [3.8, 4) is 5.75 Å². The van der Waals surface area contributed by atoms with Crippen LogP contribution < -0.4 is 15.8 Å². The van der Waals surface area contributed by atoms with Gasteiger partial charge in [-0.1, -0.05) is 30.4 Å². The van der Waals surface area contributed by atoms with E-state index in [1.165, 1.54) is 11.0 Å². The second-order valence-electron chi connectivity index (χ2n) is 10.4. The molecule has 4 aliphatic heterocycles. The van der Waals surface area contributed by atoms with Crippen molar-refractivity contribution in [3.05, 3.63) is 70.5 Å². The number of ether oxygens (including phenoxy) is 1. The molecule has 0 spiro atoms.